The van der Waals surface area contributed by atoms with Crippen LogP contribution in [0.1, 0.15) is 57.4 Å². The number of nitrogens with zero attached hydrogens (tertiary/aromatic N) is 3. The van der Waals surface area contributed by atoms with Crippen LogP contribution in [-0.4, -0.2) is 91.9 Å². The molecule has 0 radical (unpaired) electrons. The SMILES string of the molecule is C=CCN(C)C(=O)[C@H]1[C@H]2C(=O)N([C@@H](CO)Cc3ccccc3)C(C(=O)N(CC=C)C3CCCCC3)C23CC[C@]1(C)S3. The highest BCUT2D eigenvalue weighted by atomic mass is 32.2. The summed E-state index contributed by atoms with van der Waals surface area (Å²) in [6.45, 7) is 10.4. The van der Waals surface area contributed by atoms with Crippen LogP contribution < -0.4 is 0 Å². The van der Waals surface area contributed by atoms with Crippen molar-refractivity contribution in [3.8, 4) is 0 Å². The molecule has 3 aliphatic heterocycles. The molecule has 4 aliphatic rings. The van der Waals surface area contributed by atoms with Gasteiger partial charge in [0.15, 0.2) is 0 Å². The minimum atomic E-state index is -0.739. The number of carbonyl (C=O) groups excluding carboxylic acids is 3. The number of hydrogen-bond donors (Lipinski definition) is 1. The van der Waals surface area contributed by atoms with E-state index in [-0.39, 0.29) is 30.4 Å². The molecule has 0 aromatic heterocycles. The first kappa shape index (κ1) is 29.9. The molecule has 5 rings (SSSR count). The number of amides is 3. The molecule has 4 fully saturated rings. The van der Waals surface area contributed by atoms with Gasteiger partial charge in [-0.05, 0) is 44.6 Å². The molecule has 7 nitrogen and oxygen atoms in total. The van der Waals surface area contributed by atoms with E-state index in [0.717, 1.165) is 37.7 Å². The Balaban J connectivity index is 1.59. The van der Waals surface area contributed by atoms with Crippen molar-refractivity contribution >= 4 is 29.5 Å². The topological polar surface area (TPSA) is 81.2 Å². The van der Waals surface area contributed by atoms with Crippen molar-refractivity contribution < 1.29 is 19.5 Å². The Hall–Kier alpha value is -2.58. The molecule has 3 saturated heterocycles. The summed E-state index contributed by atoms with van der Waals surface area (Å²) >= 11 is 1.69. The summed E-state index contributed by atoms with van der Waals surface area (Å²) in [5.74, 6) is -1.42. The molecular weight excluding hydrogens is 534 g/mol. The molecule has 3 amide bonds. The van der Waals surface area contributed by atoms with Gasteiger partial charge < -0.3 is 19.8 Å². The van der Waals surface area contributed by atoms with E-state index in [0.29, 0.717) is 25.9 Å². The van der Waals surface area contributed by atoms with Gasteiger partial charge in [0, 0.05) is 30.9 Å². The predicted molar refractivity (Wildman–Crippen MR) is 163 cm³/mol. The number of likely N-dealkylation sites (N-methyl/N-ethyl adjacent to an activating group) is 1. The molecule has 2 bridgehead atoms. The fourth-order valence-corrected chi connectivity index (χ4v) is 10.5. The lowest BCUT2D eigenvalue weighted by Gasteiger charge is -2.42. The zero-order valence-corrected chi connectivity index (χ0v) is 25.4. The van der Waals surface area contributed by atoms with Gasteiger partial charge in [-0.15, -0.1) is 24.9 Å². The summed E-state index contributed by atoms with van der Waals surface area (Å²) in [4.78, 5) is 48.9. The van der Waals surface area contributed by atoms with Gasteiger partial charge in [-0.25, -0.2) is 0 Å². The lowest BCUT2D eigenvalue weighted by molar-refractivity contribution is -0.148. The third kappa shape index (κ3) is 5.05. The van der Waals surface area contributed by atoms with Crippen molar-refractivity contribution in [3.63, 3.8) is 0 Å². The number of aliphatic hydroxyl groups is 1. The van der Waals surface area contributed by atoms with Crippen LogP contribution in [-0.2, 0) is 20.8 Å². The lowest BCUT2D eigenvalue weighted by atomic mass is 9.66. The Morgan fingerprint density at radius 3 is 2.41 bits per heavy atom. The summed E-state index contributed by atoms with van der Waals surface area (Å²) in [7, 11) is 1.76. The molecule has 41 heavy (non-hydrogen) atoms. The normalized spacial score (nSPS) is 31.5. The van der Waals surface area contributed by atoms with E-state index in [1.54, 1.807) is 40.8 Å². The largest absolute Gasteiger partial charge is 0.394 e. The quantitative estimate of drug-likeness (QED) is 0.400. The summed E-state index contributed by atoms with van der Waals surface area (Å²) in [5.41, 5.74) is 0.998. The Morgan fingerprint density at radius 1 is 1.10 bits per heavy atom. The first-order valence-corrected chi connectivity index (χ1v) is 16.0. The standard InChI is InChI=1S/C33H45N3O4S/c1-5-19-34(4)29(38)26-27-30(39)36(25(22-37)21-23-13-9-7-10-14-23)28(33(27)18-17-32(26,3)41-33)31(40)35(20-6-2)24-15-11-8-12-16-24/h5-7,9-10,13-14,24-28,37H,1-2,8,11-12,15-22H2,3-4H3/t25-,26-,27+,28?,32+,33?/m1/s1. The lowest BCUT2D eigenvalue weighted by Crippen LogP contribution is -2.59. The van der Waals surface area contributed by atoms with Gasteiger partial charge in [-0.3, -0.25) is 14.4 Å². The molecule has 1 saturated carbocycles. The second-order valence-electron chi connectivity index (χ2n) is 12.6. The first-order valence-electron chi connectivity index (χ1n) is 15.2. The van der Waals surface area contributed by atoms with Crippen LogP contribution in [0.2, 0.25) is 0 Å². The first-order chi connectivity index (χ1) is 19.7. The molecule has 3 heterocycles. The van der Waals surface area contributed by atoms with Crippen LogP contribution in [0, 0.1) is 11.8 Å². The van der Waals surface area contributed by atoms with Crippen LogP contribution in [0.15, 0.2) is 55.6 Å². The number of benzene rings is 1. The van der Waals surface area contributed by atoms with Gasteiger partial charge in [0.05, 0.1) is 29.2 Å². The Kier molecular flexibility index (Phi) is 8.72. The van der Waals surface area contributed by atoms with E-state index in [9.17, 15) is 19.5 Å². The van der Waals surface area contributed by atoms with Crippen molar-refractivity contribution in [1.29, 1.82) is 0 Å². The Bertz CT molecular complexity index is 1170. The van der Waals surface area contributed by atoms with E-state index < -0.39 is 33.4 Å². The number of carbonyl (C=O) groups is 3. The second-order valence-corrected chi connectivity index (χ2v) is 14.5. The number of likely N-dealkylation sites (tertiary alicyclic amines) is 1. The van der Waals surface area contributed by atoms with E-state index >= 15 is 0 Å². The van der Waals surface area contributed by atoms with Crippen LogP contribution >= 0.6 is 11.8 Å². The maximum Gasteiger partial charge on any atom is 0.247 e. The van der Waals surface area contributed by atoms with Crippen LogP contribution in [0.4, 0.5) is 0 Å². The highest BCUT2D eigenvalue weighted by molar-refractivity contribution is 8.02. The van der Waals surface area contributed by atoms with Crippen molar-refractivity contribution in [2.45, 2.75) is 85.9 Å². The molecule has 2 unspecified atom stereocenters. The Labute approximate surface area is 249 Å². The highest BCUT2D eigenvalue weighted by Gasteiger charge is 2.78. The Morgan fingerprint density at radius 2 is 1.78 bits per heavy atom. The minimum absolute atomic E-state index is 0.0524. The minimum Gasteiger partial charge on any atom is -0.394 e. The van der Waals surface area contributed by atoms with Gasteiger partial charge >= 0.3 is 0 Å². The molecule has 1 aromatic carbocycles. The fourth-order valence-electron chi connectivity index (χ4n) is 8.18. The monoisotopic (exact) mass is 579 g/mol. The fraction of sp³-hybridized carbons (Fsp3) is 0.606. The van der Waals surface area contributed by atoms with E-state index in [1.807, 2.05) is 35.2 Å². The predicted octanol–water partition coefficient (Wildman–Crippen LogP) is 4.06. The molecule has 1 N–H and O–H groups in total. The number of fused-ring (bicyclic) bond motifs is 1. The summed E-state index contributed by atoms with van der Waals surface area (Å²) in [6, 6.07) is 8.62. The van der Waals surface area contributed by atoms with Crippen molar-refractivity contribution in [1.82, 2.24) is 14.7 Å². The zero-order chi connectivity index (χ0) is 29.4. The molecular formula is C33H45N3O4S. The van der Waals surface area contributed by atoms with Gasteiger partial charge in [0.25, 0.3) is 0 Å². The molecule has 1 aliphatic carbocycles. The number of rotatable bonds is 11. The van der Waals surface area contributed by atoms with E-state index in [4.69, 9.17) is 0 Å². The van der Waals surface area contributed by atoms with Crippen LogP contribution in [0.3, 0.4) is 0 Å². The molecule has 8 heteroatoms. The number of aliphatic hydroxyl groups excluding tert-OH is 1. The van der Waals surface area contributed by atoms with E-state index in [2.05, 4.69) is 20.1 Å². The van der Waals surface area contributed by atoms with Crippen molar-refractivity contribution in [2.24, 2.45) is 11.8 Å². The zero-order valence-electron chi connectivity index (χ0n) is 24.5. The van der Waals surface area contributed by atoms with Crippen molar-refractivity contribution in [3.05, 3.63) is 61.2 Å². The summed E-state index contributed by atoms with van der Waals surface area (Å²) in [6.07, 6.45) is 10.6. The molecule has 1 aromatic rings. The molecule has 1 spiro atoms. The summed E-state index contributed by atoms with van der Waals surface area (Å²) in [5, 5.41) is 10.7. The molecule has 222 valence electrons. The average molecular weight is 580 g/mol. The van der Waals surface area contributed by atoms with Gasteiger partial charge in [0.1, 0.15) is 6.04 Å². The number of thioether (sulfide) groups is 1. The van der Waals surface area contributed by atoms with Gasteiger partial charge in [-0.1, -0.05) is 61.7 Å². The van der Waals surface area contributed by atoms with Gasteiger partial charge in [0.2, 0.25) is 17.7 Å². The highest BCUT2D eigenvalue weighted by Crippen LogP contribution is 2.72. The molecule has 6 atom stereocenters. The van der Waals surface area contributed by atoms with E-state index in [1.165, 1.54) is 6.42 Å². The van der Waals surface area contributed by atoms with Crippen LogP contribution in [0.5, 0.6) is 0 Å². The summed E-state index contributed by atoms with van der Waals surface area (Å²) < 4.78 is -1.14. The average Bonchev–Trinajstić information content (AvgIpc) is 3.55. The van der Waals surface area contributed by atoms with Crippen LogP contribution in [0.25, 0.3) is 0 Å². The third-order valence-corrected chi connectivity index (χ3v) is 12.0. The maximum atomic E-state index is 14.9. The number of hydrogen-bond acceptors (Lipinski definition) is 5. The maximum absolute atomic E-state index is 14.9. The van der Waals surface area contributed by atoms with Gasteiger partial charge in [-0.2, -0.15) is 0 Å². The smallest absolute Gasteiger partial charge is 0.247 e. The van der Waals surface area contributed by atoms with Crippen molar-refractivity contribution in [2.75, 3.05) is 26.7 Å². The second kappa shape index (κ2) is 12.0. The third-order valence-electron chi connectivity index (χ3n) is 10.0.